The highest BCUT2D eigenvalue weighted by Gasteiger charge is 2.18. The average Bonchev–Trinajstić information content (AvgIpc) is 3.85. The van der Waals surface area contributed by atoms with E-state index in [0.29, 0.717) is 17.5 Å². The van der Waals surface area contributed by atoms with Crippen molar-refractivity contribution in [2.24, 2.45) is 0 Å². The number of hydrogen-bond donors (Lipinski definition) is 0. The van der Waals surface area contributed by atoms with Crippen LogP contribution in [0.2, 0.25) is 0 Å². The standard InChI is InChI=1S/C51H31N3O2/c1-4-13-32(14-5-1)35-25-27-45-43(30-35)44-31-37(26-28-46(44)55-45)40-22-12-24-42-41-23-11-21-39(47(41)56-48(40)42)36-19-10-20-38(29-36)51-53-49(33-15-6-2-7-16-33)52-50(54-51)34-17-8-3-9-18-34/h1-31H. The molecule has 0 spiro atoms. The zero-order valence-corrected chi connectivity index (χ0v) is 30.1. The Morgan fingerprint density at radius 2 is 0.696 bits per heavy atom. The molecule has 0 amide bonds. The van der Waals surface area contributed by atoms with Gasteiger partial charge in [-0.25, -0.2) is 15.0 Å². The van der Waals surface area contributed by atoms with Gasteiger partial charge in [0, 0.05) is 49.4 Å². The van der Waals surface area contributed by atoms with Crippen molar-refractivity contribution in [1.82, 2.24) is 15.0 Å². The summed E-state index contributed by atoms with van der Waals surface area (Å²) < 4.78 is 13.2. The van der Waals surface area contributed by atoms with Crippen LogP contribution in [0.5, 0.6) is 0 Å². The van der Waals surface area contributed by atoms with E-state index in [1.54, 1.807) is 0 Å². The fourth-order valence-corrected chi connectivity index (χ4v) is 7.79. The molecule has 0 aliphatic heterocycles. The van der Waals surface area contributed by atoms with Crippen LogP contribution in [0, 0.1) is 0 Å². The molecule has 0 saturated heterocycles. The smallest absolute Gasteiger partial charge is 0.164 e. The van der Waals surface area contributed by atoms with E-state index in [-0.39, 0.29) is 0 Å². The van der Waals surface area contributed by atoms with Gasteiger partial charge in [-0.3, -0.25) is 0 Å². The zero-order valence-electron chi connectivity index (χ0n) is 30.1. The van der Waals surface area contributed by atoms with Gasteiger partial charge in [0.25, 0.3) is 0 Å². The summed E-state index contributed by atoms with van der Waals surface area (Å²) >= 11 is 0. The normalized spacial score (nSPS) is 11.6. The Kier molecular flexibility index (Phi) is 7.42. The molecule has 56 heavy (non-hydrogen) atoms. The van der Waals surface area contributed by atoms with Crippen LogP contribution >= 0.6 is 0 Å². The van der Waals surface area contributed by atoms with Gasteiger partial charge in [0.1, 0.15) is 22.3 Å². The number of furan rings is 2. The van der Waals surface area contributed by atoms with E-state index in [4.69, 9.17) is 23.8 Å². The van der Waals surface area contributed by atoms with Crippen molar-refractivity contribution in [3.63, 3.8) is 0 Å². The third-order valence-corrected chi connectivity index (χ3v) is 10.5. The number of aromatic nitrogens is 3. The Labute approximate surface area is 322 Å². The molecule has 0 radical (unpaired) electrons. The fraction of sp³-hybridized carbons (Fsp3) is 0. The highest BCUT2D eigenvalue weighted by atomic mass is 16.3. The first kappa shape index (κ1) is 31.9. The third-order valence-electron chi connectivity index (χ3n) is 10.5. The molecule has 11 rings (SSSR count). The molecule has 0 saturated carbocycles. The van der Waals surface area contributed by atoms with Gasteiger partial charge in [0.2, 0.25) is 0 Å². The minimum atomic E-state index is 0.608. The second-order valence-electron chi connectivity index (χ2n) is 14.0. The third kappa shape index (κ3) is 5.45. The zero-order chi connectivity index (χ0) is 37.0. The van der Waals surface area contributed by atoms with Crippen LogP contribution in [0.25, 0.3) is 111 Å². The molecule has 0 aliphatic carbocycles. The second-order valence-corrected chi connectivity index (χ2v) is 14.0. The van der Waals surface area contributed by atoms with Gasteiger partial charge >= 0.3 is 0 Å². The summed E-state index contributed by atoms with van der Waals surface area (Å²) in [6.07, 6.45) is 0. The summed E-state index contributed by atoms with van der Waals surface area (Å²) in [5.74, 6) is 1.87. The molecule has 3 aromatic heterocycles. The number of rotatable bonds is 6. The minimum absolute atomic E-state index is 0.608. The molecular formula is C51H31N3O2. The Balaban J connectivity index is 1.03. The van der Waals surface area contributed by atoms with E-state index in [1.165, 1.54) is 5.56 Å². The van der Waals surface area contributed by atoms with Crippen molar-refractivity contribution in [3.8, 4) is 67.5 Å². The predicted molar refractivity (Wildman–Crippen MR) is 227 cm³/mol. The van der Waals surface area contributed by atoms with E-state index >= 15 is 0 Å². The molecule has 0 bridgehead atoms. The van der Waals surface area contributed by atoms with Gasteiger partial charge < -0.3 is 8.83 Å². The summed E-state index contributed by atoms with van der Waals surface area (Å²) in [5.41, 5.74) is 12.6. The van der Waals surface area contributed by atoms with Crippen molar-refractivity contribution in [3.05, 3.63) is 188 Å². The molecule has 0 atom stereocenters. The van der Waals surface area contributed by atoms with E-state index in [9.17, 15) is 0 Å². The van der Waals surface area contributed by atoms with Crippen LogP contribution in [0.3, 0.4) is 0 Å². The van der Waals surface area contributed by atoms with Gasteiger partial charge in [0.15, 0.2) is 17.5 Å². The summed E-state index contributed by atoms with van der Waals surface area (Å²) in [6, 6.07) is 64.5. The Hall–Kier alpha value is -7.63. The van der Waals surface area contributed by atoms with Gasteiger partial charge in [0.05, 0.1) is 0 Å². The molecule has 11 aromatic rings. The Bertz CT molecular complexity index is 3180. The van der Waals surface area contributed by atoms with E-state index < -0.39 is 0 Å². The summed E-state index contributed by atoms with van der Waals surface area (Å²) in [4.78, 5) is 14.8. The minimum Gasteiger partial charge on any atom is -0.456 e. The molecule has 0 N–H and O–H groups in total. The first-order valence-electron chi connectivity index (χ1n) is 18.7. The lowest BCUT2D eigenvalue weighted by Crippen LogP contribution is -2.00. The Morgan fingerprint density at radius 3 is 1.27 bits per heavy atom. The molecule has 262 valence electrons. The molecular weight excluding hydrogens is 687 g/mol. The first-order valence-corrected chi connectivity index (χ1v) is 18.7. The second kappa shape index (κ2) is 13.0. The van der Waals surface area contributed by atoms with Crippen molar-refractivity contribution in [2.75, 3.05) is 0 Å². The van der Waals surface area contributed by atoms with Crippen LogP contribution in [0.1, 0.15) is 0 Å². The van der Waals surface area contributed by atoms with Gasteiger partial charge in [-0.15, -0.1) is 0 Å². The van der Waals surface area contributed by atoms with Crippen LogP contribution in [-0.4, -0.2) is 15.0 Å². The van der Waals surface area contributed by atoms with Crippen LogP contribution in [0.15, 0.2) is 197 Å². The topological polar surface area (TPSA) is 65.0 Å². The predicted octanol–water partition coefficient (Wildman–Crippen LogP) is 13.7. The summed E-state index contributed by atoms with van der Waals surface area (Å²) in [5, 5.41) is 4.29. The fourth-order valence-electron chi connectivity index (χ4n) is 7.79. The average molecular weight is 718 g/mol. The molecule has 0 fully saturated rings. The van der Waals surface area contributed by atoms with Crippen molar-refractivity contribution in [1.29, 1.82) is 0 Å². The lowest BCUT2D eigenvalue weighted by Gasteiger charge is -2.10. The maximum atomic E-state index is 6.92. The molecule has 0 aliphatic rings. The summed E-state index contributed by atoms with van der Waals surface area (Å²) in [6.45, 7) is 0. The maximum absolute atomic E-state index is 6.92. The molecule has 3 heterocycles. The highest BCUT2D eigenvalue weighted by Crippen LogP contribution is 2.42. The van der Waals surface area contributed by atoms with Gasteiger partial charge in [-0.05, 0) is 52.6 Å². The van der Waals surface area contributed by atoms with Crippen LogP contribution in [0.4, 0.5) is 0 Å². The highest BCUT2D eigenvalue weighted by molar-refractivity contribution is 6.14. The quantitative estimate of drug-likeness (QED) is 0.171. The van der Waals surface area contributed by atoms with Crippen molar-refractivity contribution < 1.29 is 8.83 Å². The van der Waals surface area contributed by atoms with Gasteiger partial charge in [-0.2, -0.15) is 0 Å². The molecule has 0 unspecified atom stereocenters. The van der Waals surface area contributed by atoms with Crippen LogP contribution < -0.4 is 0 Å². The lowest BCUT2D eigenvalue weighted by atomic mass is 9.98. The number of hydrogen-bond acceptors (Lipinski definition) is 5. The Morgan fingerprint density at radius 1 is 0.268 bits per heavy atom. The number of para-hydroxylation sites is 2. The number of nitrogens with zero attached hydrogens (tertiary/aromatic N) is 3. The maximum Gasteiger partial charge on any atom is 0.164 e. The lowest BCUT2D eigenvalue weighted by molar-refractivity contribution is 0.668. The SMILES string of the molecule is c1ccc(-c2ccc3oc4ccc(-c5cccc6c5oc5c(-c7cccc(-c8nc(-c9ccccc9)nc(-c9ccccc9)n8)c7)cccc56)cc4c3c2)cc1. The van der Waals surface area contributed by atoms with E-state index in [1.807, 2.05) is 66.7 Å². The van der Waals surface area contributed by atoms with E-state index in [2.05, 4.69) is 121 Å². The molecule has 5 nitrogen and oxygen atoms in total. The number of fused-ring (bicyclic) bond motifs is 6. The largest absolute Gasteiger partial charge is 0.456 e. The number of benzene rings is 8. The monoisotopic (exact) mass is 717 g/mol. The molecule has 8 aromatic carbocycles. The van der Waals surface area contributed by atoms with E-state index in [0.717, 1.165) is 88.4 Å². The van der Waals surface area contributed by atoms with Gasteiger partial charge in [-0.1, -0.05) is 158 Å². The summed E-state index contributed by atoms with van der Waals surface area (Å²) in [7, 11) is 0. The van der Waals surface area contributed by atoms with Crippen molar-refractivity contribution >= 4 is 43.9 Å². The molecule has 5 heteroatoms. The van der Waals surface area contributed by atoms with Crippen molar-refractivity contribution in [2.45, 2.75) is 0 Å². The van der Waals surface area contributed by atoms with Crippen LogP contribution in [-0.2, 0) is 0 Å². The first-order chi connectivity index (χ1) is 27.7.